The number of rotatable bonds is 9. The monoisotopic (exact) mass is 566 g/mol. The molecule has 0 aromatic heterocycles. The summed E-state index contributed by atoms with van der Waals surface area (Å²) in [4.78, 5) is 39.5. The van der Waals surface area contributed by atoms with Gasteiger partial charge in [-0.05, 0) is 89.6 Å². The van der Waals surface area contributed by atoms with E-state index in [4.69, 9.17) is 14.2 Å². The number of nitrogens with one attached hydrogen (secondary N) is 1. The number of benzene rings is 2. The Morgan fingerprint density at radius 1 is 1.07 bits per heavy atom. The molecular weight excluding hydrogens is 528 g/mol. The molecule has 3 rings (SSSR count). The van der Waals surface area contributed by atoms with Crippen LogP contribution in [0.3, 0.4) is 0 Å². The first-order chi connectivity index (χ1) is 19.1. The zero-order valence-electron chi connectivity index (χ0n) is 24.6. The Kier molecular flexibility index (Phi) is 9.18. The summed E-state index contributed by atoms with van der Waals surface area (Å²) < 4.78 is 16.9. The molecule has 41 heavy (non-hydrogen) atoms. The zero-order valence-corrected chi connectivity index (χ0v) is 24.6. The molecular formula is C31H38N2O8. The van der Waals surface area contributed by atoms with Crippen LogP contribution in [0.25, 0.3) is 12.2 Å². The number of nitrogens with zero attached hydrogens (tertiary/aromatic N) is 1. The van der Waals surface area contributed by atoms with Gasteiger partial charge in [-0.25, -0.2) is 4.79 Å². The van der Waals surface area contributed by atoms with Gasteiger partial charge in [-0.3, -0.25) is 14.5 Å². The quantitative estimate of drug-likeness (QED) is 0.277. The predicted molar refractivity (Wildman–Crippen MR) is 157 cm³/mol. The number of carbonyl (C=O) groups excluding carboxylic acids is 2. The number of hydrogen-bond acceptors (Lipinski definition) is 7. The number of carboxylic acid groups (broad SMARTS) is 1. The van der Waals surface area contributed by atoms with Gasteiger partial charge >= 0.3 is 6.09 Å². The van der Waals surface area contributed by atoms with Crippen LogP contribution in [0.4, 0.5) is 10.5 Å². The molecule has 2 atom stereocenters. The molecule has 2 aromatic carbocycles. The minimum atomic E-state index is -1.39. The van der Waals surface area contributed by atoms with Gasteiger partial charge in [0.1, 0.15) is 28.9 Å². The minimum absolute atomic E-state index is 0.244. The molecule has 0 bridgehead atoms. The number of ketones is 1. The van der Waals surface area contributed by atoms with Crippen LogP contribution in [0.5, 0.6) is 17.2 Å². The fraction of sp³-hybridized carbons (Fsp3) is 0.387. The minimum Gasteiger partial charge on any atom is -0.496 e. The third-order valence-electron chi connectivity index (χ3n) is 6.50. The Labute approximate surface area is 240 Å². The number of hydrogen-bond donors (Lipinski definition) is 3. The molecule has 2 amide bonds. The third-order valence-corrected chi connectivity index (χ3v) is 6.50. The number of carbonyl (C=O) groups is 3. The van der Waals surface area contributed by atoms with Crippen LogP contribution in [0.2, 0.25) is 0 Å². The van der Waals surface area contributed by atoms with E-state index < -0.39 is 35.3 Å². The Bertz CT molecular complexity index is 1390. The van der Waals surface area contributed by atoms with Gasteiger partial charge in [0, 0.05) is 5.54 Å². The van der Waals surface area contributed by atoms with Gasteiger partial charge in [-0.2, -0.15) is 0 Å². The number of ether oxygens (including phenoxy) is 3. The summed E-state index contributed by atoms with van der Waals surface area (Å²) in [6.07, 6.45) is 4.12. The average molecular weight is 567 g/mol. The first kappa shape index (κ1) is 31.2. The number of methoxy groups -OCH3 is 2. The van der Waals surface area contributed by atoms with Crippen LogP contribution in [0.1, 0.15) is 63.0 Å². The normalized spacial score (nSPS) is 15.3. The van der Waals surface area contributed by atoms with Crippen LogP contribution in [0, 0.1) is 0 Å². The molecule has 0 spiro atoms. The van der Waals surface area contributed by atoms with Gasteiger partial charge < -0.3 is 29.7 Å². The first-order valence-electron chi connectivity index (χ1n) is 13.1. The maximum absolute atomic E-state index is 13.3. The van der Waals surface area contributed by atoms with Crippen molar-refractivity contribution in [2.45, 2.75) is 64.8 Å². The first-order valence-corrected chi connectivity index (χ1v) is 13.1. The van der Waals surface area contributed by atoms with Gasteiger partial charge in [0.15, 0.2) is 5.78 Å². The second-order valence-corrected chi connectivity index (χ2v) is 11.3. The molecule has 2 aromatic rings. The van der Waals surface area contributed by atoms with Gasteiger partial charge in [0.2, 0.25) is 5.91 Å². The molecule has 10 nitrogen and oxygen atoms in total. The molecule has 2 unspecified atom stereocenters. The Morgan fingerprint density at radius 3 is 2.27 bits per heavy atom. The van der Waals surface area contributed by atoms with E-state index in [2.05, 4.69) is 5.32 Å². The molecule has 1 aliphatic rings. The second kappa shape index (κ2) is 12.1. The van der Waals surface area contributed by atoms with Gasteiger partial charge in [0.05, 0.1) is 37.1 Å². The molecule has 0 fully saturated rings. The van der Waals surface area contributed by atoms with Gasteiger partial charge in [-0.1, -0.05) is 12.1 Å². The van der Waals surface area contributed by atoms with Gasteiger partial charge in [0.25, 0.3) is 0 Å². The van der Waals surface area contributed by atoms with E-state index in [1.807, 2.05) is 26.0 Å². The number of aliphatic hydroxyl groups is 1. The van der Waals surface area contributed by atoms with Gasteiger partial charge in [-0.15, -0.1) is 0 Å². The molecule has 1 aliphatic heterocycles. The molecule has 0 saturated carbocycles. The van der Waals surface area contributed by atoms with Crippen LogP contribution in [0.15, 0.2) is 42.5 Å². The van der Waals surface area contributed by atoms with E-state index in [0.29, 0.717) is 33.9 Å². The summed E-state index contributed by atoms with van der Waals surface area (Å²) in [5.41, 5.74) is 0.293. The van der Waals surface area contributed by atoms with Crippen LogP contribution in [-0.2, 0) is 4.79 Å². The fourth-order valence-corrected chi connectivity index (χ4v) is 4.57. The maximum Gasteiger partial charge on any atom is 0.408 e. The third kappa shape index (κ3) is 7.07. The van der Waals surface area contributed by atoms with Crippen molar-refractivity contribution in [1.29, 1.82) is 0 Å². The summed E-state index contributed by atoms with van der Waals surface area (Å²) in [5.74, 6) is 0.306. The summed E-state index contributed by atoms with van der Waals surface area (Å²) in [6.45, 7) is 10.0. The zero-order chi connectivity index (χ0) is 30.7. The average Bonchev–Trinajstić information content (AvgIpc) is 2.87. The number of fused-ring (bicyclic) bond motifs is 1. The molecule has 0 radical (unpaired) electrons. The van der Waals surface area contributed by atoms with E-state index in [1.165, 1.54) is 20.1 Å². The van der Waals surface area contributed by atoms with Crippen molar-refractivity contribution in [3.8, 4) is 17.2 Å². The van der Waals surface area contributed by atoms with Crippen LogP contribution < -0.4 is 19.5 Å². The number of aliphatic hydroxyl groups excluding tert-OH is 1. The summed E-state index contributed by atoms with van der Waals surface area (Å²) in [7, 11) is 2.98. The van der Waals surface area contributed by atoms with E-state index in [1.54, 1.807) is 64.3 Å². The highest BCUT2D eigenvalue weighted by molar-refractivity contribution is 6.09. The molecule has 220 valence electrons. The highest BCUT2D eigenvalue weighted by atomic mass is 16.5. The number of anilines is 1. The largest absolute Gasteiger partial charge is 0.496 e. The Morgan fingerprint density at radius 2 is 1.71 bits per heavy atom. The lowest BCUT2D eigenvalue weighted by atomic mass is 9.97. The van der Waals surface area contributed by atoms with E-state index >= 15 is 0 Å². The molecule has 10 heteroatoms. The SMILES string of the molecule is COc1ccc(C=CC(=O)c2ccc(OC)c3c2OC(C)(C)C=C3)cc1NC(=O)C(C(C)O)N(C(=O)O)C(C)(C)C. The fourth-order valence-electron chi connectivity index (χ4n) is 4.57. The summed E-state index contributed by atoms with van der Waals surface area (Å²) in [5, 5.41) is 22.8. The lowest BCUT2D eigenvalue weighted by Gasteiger charge is -2.39. The highest BCUT2D eigenvalue weighted by Gasteiger charge is 2.40. The van der Waals surface area contributed by atoms with E-state index in [9.17, 15) is 24.6 Å². The van der Waals surface area contributed by atoms with Crippen molar-refractivity contribution in [1.82, 2.24) is 4.90 Å². The van der Waals surface area contributed by atoms with Crippen molar-refractivity contribution in [3.05, 3.63) is 59.2 Å². The maximum atomic E-state index is 13.3. The lowest BCUT2D eigenvalue weighted by molar-refractivity contribution is -0.126. The standard InChI is InChI=1S/C31H38N2O8/c1-18(34)26(33(29(37)38)30(2,3)4)28(36)32-22-17-19(10-13-25(22)40-8)9-12-23(35)20-11-14-24(39-7)21-15-16-31(5,6)41-27(20)21/h9-18,26,34H,1-8H3,(H,32,36)(H,37,38). The second-order valence-electron chi connectivity index (χ2n) is 11.3. The van der Waals surface area contributed by atoms with Crippen molar-refractivity contribution >= 4 is 35.6 Å². The van der Waals surface area contributed by atoms with Crippen molar-refractivity contribution in [2.75, 3.05) is 19.5 Å². The topological polar surface area (TPSA) is 135 Å². The Hall–Kier alpha value is -4.31. The van der Waals surface area contributed by atoms with E-state index in [0.717, 1.165) is 4.90 Å². The van der Waals surface area contributed by atoms with Crippen molar-refractivity contribution in [2.24, 2.45) is 0 Å². The van der Waals surface area contributed by atoms with Crippen LogP contribution in [-0.4, -0.2) is 70.4 Å². The summed E-state index contributed by atoms with van der Waals surface area (Å²) in [6, 6.07) is 6.88. The molecule has 0 aliphatic carbocycles. The lowest BCUT2D eigenvalue weighted by Crippen LogP contribution is -2.59. The number of amides is 2. The molecule has 1 heterocycles. The Balaban J connectivity index is 1.92. The van der Waals surface area contributed by atoms with Crippen molar-refractivity contribution < 1.29 is 38.8 Å². The number of allylic oxidation sites excluding steroid dienone is 1. The highest BCUT2D eigenvalue weighted by Crippen LogP contribution is 2.40. The summed E-state index contributed by atoms with van der Waals surface area (Å²) >= 11 is 0. The smallest absolute Gasteiger partial charge is 0.408 e. The molecule has 0 saturated heterocycles. The van der Waals surface area contributed by atoms with E-state index in [-0.39, 0.29) is 11.5 Å². The molecule has 3 N–H and O–H groups in total. The predicted octanol–water partition coefficient (Wildman–Crippen LogP) is 5.25. The van der Waals surface area contributed by atoms with Crippen LogP contribution >= 0.6 is 0 Å². The van der Waals surface area contributed by atoms with Crippen molar-refractivity contribution in [3.63, 3.8) is 0 Å².